The predicted molar refractivity (Wildman–Crippen MR) is 68.0 cm³/mol. The lowest BCUT2D eigenvalue weighted by atomic mass is 10.1. The van der Waals surface area contributed by atoms with Crippen LogP contribution in [0.3, 0.4) is 0 Å². The number of likely N-dealkylation sites (tertiary alicyclic amines) is 1. The monoisotopic (exact) mass is 252 g/mol. The number of rotatable bonds is 4. The zero-order chi connectivity index (χ0) is 13.0. The molecule has 1 atom stereocenters. The molecule has 0 saturated carbocycles. The number of hydrogen-bond acceptors (Lipinski definition) is 5. The lowest BCUT2D eigenvalue weighted by Gasteiger charge is -2.29. The molecule has 0 aromatic carbocycles. The van der Waals surface area contributed by atoms with E-state index in [9.17, 15) is 4.79 Å². The summed E-state index contributed by atoms with van der Waals surface area (Å²) in [4.78, 5) is 18.0. The minimum absolute atomic E-state index is 0.0851. The van der Waals surface area contributed by atoms with Crippen LogP contribution in [0.25, 0.3) is 0 Å². The van der Waals surface area contributed by atoms with Gasteiger partial charge in [-0.25, -0.2) is 0 Å². The number of anilines is 1. The molecule has 100 valence electrons. The molecule has 0 radical (unpaired) electrons. The van der Waals surface area contributed by atoms with Crippen molar-refractivity contribution in [1.29, 1.82) is 0 Å². The smallest absolute Gasteiger partial charge is 0.288 e. The molecule has 1 aliphatic heterocycles. The van der Waals surface area contributed by atoms with Gasteiger partial charge in [-0.2, -0.15) is 4.98 Å². The molecule has 1 saturated heterocycles. The third kappa shape index (κ3) is 3.43. The maximum Gasteiger partial charge on any atom is 0.288 e. The number of H-pyrrole nitrogens is 1. The Morgan fingerprint density at radius 3 is 2.83 bits per heavy atom. The second-order valence-electron chi connectivity index (χ2n) is 4.78. The Morgan fingerprint density at radius 1 is 1.50 bits per heavy atom. The Labute approximate surface area is 106 Å². The average molecular weight is 252 g/mol. The number of carbonyl (C=O) groups excluding carboxylic acids is 1. The summed E-state index contributed by atoms with van der Waals surface area (Å²) in [6.07, 6.45) is 3.81. The number of piperidine rings is 1. The first kappa shape index (κ1) is 12.8. The SMILES string of the molecule is CC(CN1CCCCC1)NC(=O)c1nc(N)n[nH]1. The second-order valence-corrected chi connectivity index (χ2v) is 4.78. The fourth-order valence-corrected chi connectivity index (χ4v) is 2.24. The van der Waals surface area contributed by atoms with Crippen molar-refractivity contribution < 1.29 is 4.79 Å². The van der Waals surface area contributed by atoms with Crippen molar-refractivity contribution in [2.24, 2.45) is 0 Å². The minimum Gasteiger partial charge on any atom is -0.366 e. The van der Waals surface area contributed by atoms with Gasteiger partial charge in [0.1, 0.15) is 0 Å². The summed E-state index contributed by atoms with van der Waals surface area (Å²) in [5.41, 5.74) is 5.35. The molecule has 1 aromatic rings. The largest absolute Gasteiger partial charge is 0.366 e. The van der Waals surface area contributed by atoms with E-state index in [1.54, 1.807) is 0 Å². The zero-order valence-electron chi connectivity index (χ0n) is 10.6. The number of nitrogens with zero attached hydrogens (tertiary/aromatic N) is 3. The fourth-order valence-electron chi connectivity index (χ4n) is 2.24. The molecule has 4 N–H and O–H groups in total. The molecule has 1 amide bonds. The molecule has 18 heavy (non-hydrogen) atoms. The maximum atomic E-state index is 11.8. The van der Waals surface area contributed by atoms with E-state index in [1.807, 2.05) is 6.92 Å². The Hall–Kier alpha value is -1.63. The van der Waals surface area contributed by atoms with Crippen LogP contribution in [0.2, 0.25) is 0 Å². The second kappa shape index (κ2) is 5.81. The van der Waals surface area contributed by atoms with E-state index < -0.39 is 0 Å². The van der Waals surface area contributed by atoms with Crippen LogP contribution in [0.4, 0.5) is 5.95 Å². The van der Waals surface area contributed by atoms with Crippen molar-refractivity contribution in [1.82, 2.24) is 25.4 Å². The van der Waals surface area contributed by atoms with E-state index >= 15 is 0 Å². The summed E-state index contributed by atoms with van der Waals surface area (Å²) >= 11 is 0. The van der Waals surface area contributed by atoms with Gasteiger partial charge in [-0.05, 0) is 32.9 Å². The standard InChI is InChI=1S/C11H20N6O/c1-8(7-17-5-3-2-4-6-17)13-10(18)9-14-11(12)16-15-9/h8H,2-7H2,1H3,(H,13,18)(H3,12,14,15,16). The van der Waals surface area contributed by atoms with E-state index in [1.165, 1.54) is 19.3 Å². The van der Waals surface area contributed by atoms with Gasteiger partial charge in [0.05, 0.1) is 0 Å². The minimum atomic E-state index is -0.260. The average Bonchev–Trinajstić information content (AvgIpc) is 2.77. The van der Waals surface area contributed by atoms with Gasteiger partial charge >= 0.3 is 0 Å². The van der Waals surface area contributed by atoms with Gasteiger partial charge in [0.25, 0.3) is 5.91 Å². The van der Waals surface area contributed by atoms with Crippen LogP contribution >= 0.6 is 0 Å². The Bertz CT molecular complexity index is 398. The normalized spacial score (nSPS) is 18.5. The van der Waals surface area contributed by atoms with Crippen molar-refractivity contribution >= 4 is 11.9 Å². The number of carbonyl (C=O) groups is 1. The van der Waals surface area contributed by atoms with Crippen molar-refractivity contribution in [3.63, 3.8) is 0 Å². The van der Waals surface area contributed by atoms with Crippen LogP contribution in [-0.4, -0.2) is 51.7 Å². The van der Waals surface area contributed by atoms with Crippen molar-refractivity contribution in [2.75, 3.05) is 25.4 Å². The number of aromatic amines is 1. The lowest BCUT2D eigenvalue weighted by molar-refractivity contribution is 0.0915. The van der Waals surface area contributed by atoms with E-state index in [0.29, 0.717) is 0 Å². The molecule has 2 rings (SSSR count). The third-order valence-electron chi connectivity index (χ3n) is 3.08. The highest BCUT2D eigenvalue weighted by atomic mass is 16.2. The summed E-state index contributed by atoms with van der Waals surface area (Å²) in [5, 5.41) is 9.02. The predicted octanol–water partition coefficient (Wildman–Crippen LogP) is -0.00890. The highest BCUT2D eigenvalue weighted by Crippen LogP contribution is 2.08. The highest BCUT2D eigenvalue weighted by Gasteiger charge is 2.17. The molecule has 1 unspecified atom stereocenters. The summed E-state index contributed by atoms with van der Waals surface area (Å²) < 4.78 is 0. The zero-order valence-corrected chi connectivity index (χ0v) is 10.6. The van der Waals surface area contributed by atoms with Gasteiger partial charge in [0.15, 0.2) is 0 Å². The molecule has 7 nitrogen and oxygen atoms in total. The van der Waals surface area contributed by atoms with Crippen LogP contribution in [0.15, 0.2) is 0 Å². The Morgan fingerprint density at radius 2 is 2.22 bits per heavy atom. The quantitative estimate of drug-likeness (QED) is 0.700. The molecule has 1 aromatic heterocycles. The number of amides is 1. The molecular formula is C11H20N6O. The van der Waals surface area contributed by atoms with Gasteiger partial charge in [0, 0.05) is 12.6 Å². The highest BCUT2D eigenvalue weighted by molar-refractivity contribution is 5.90. The summed E-state index contributed by atoms with van der Waals surface area (Å²) in [6.45, 7) is 5.10. The molecule has 0 bridgehead atoms. The summed E-state index contributed by atoms with van der Waals surface area (Å²) in [6, 6.07) is 0.0851. The number of nitrogen functional groups attached to an aromatic ring is 1. The van der Waals surface area contributed by atoms with Crippen molar-refractivity contribution in [3.8, 4) is 0 Å². The van der Waals surface area contributed by atoms with Crippen LogP contribution in [0, 0.1) is 0 Å². The van der Waals surface area contributed by atoms with Gasteiger partial charge in [0.2, 0.25) is 11.8 Å². The number of aromatic nitrogens is 3. The van der Waals surface area contributed by atoms with Crippen LogP contribution < -0.4 is 11.1 Å². The molecule has 0 aliphatic carbocycles. The summed E-state index contributed by atoms with van der Waals surface area (Å²) in [7, 11) is 0. The van der Waals surface area contributed by atoms with Crippen LogP contribution in [0.5, 0.6) is 0 Å². The van der Waals surface area contributed by atoms with Gasteiger partial charge in [-0.3, -0.25) is 9.89 Å². The Kier molecular flexibility index (Phi) is 4.14. The molecule has 1 fully saturated rings. The number of nitrogens with two attached hydrogens (primary N) is 1. The third-order valence-corrected chi connectivity index (χ3v) is 3.08. The topological polar surface area (TPSA) is 99.9 Å². The lowest BCUT2D eigenvalue weighted by Crippen LogP contribution is -2.43. The molecule has 0 spiro atoms. The first-order valence-corrected chi connectivity index (χ1v) is 6.36. The van der Waals surface area contributed by atoms with Crippen molar-refractivity contribution in [3.05, 3.63) is 5.82 Å². The number of hydrogen-bond donors (Lipinski definition) is 3. The molecule has 1 aliphatic rings. The van der Waals surface area contributed by atoms with Crippen LogP contribution in [0.1, 0.15) is 36.8 Å². The fraction of sp³-hybridized carbons (Fsp3) is 0.727. The maximum absolute atomic E-state index is 11.8. The van der Waals surface area contributed by atoms with Gasteiger partial charge in [-0.15, -0.1) is 5.10 Å². The molecule has 7 heteroatoms. The molecule has 2 heterocycles. The van der Waals surface area contributed by atoms with E-state index in [2.05, 4.69) is 25.4 Å². The first-order chi connectivity index (χ1) is 8.65. The molecular weight excluding hydrogens is 232 g/mol. The van der Waals surface area contributed by atoms with Crippen molar-refractivity contribution in [2.45, 2.75) is 32.2 Å². The van der Waals surface area contributed by atoms with Gasteiger partial charge in [-0.1, -0.05) is 6.42 Å². The van der Waals surface area contributed by atoms with E-state index in [0.717, 1.165) is 19.6 Å². The van der Waals surface area contributed by atoms with Crippen LogP contribution in [-0.2, 0) is 0 Å². The van der Waals surface area contributed by atoms with E-state index in [-0.39, 0.29) is 23.7 Å². The van der Waals surface area contributed by atoms with Gasteiger partial charge < -0.3 is 16.0 Å². The number of nitrogens with one attached hydrogen (secondary N) is 2. The summed E-state index contributed by atoms with van der Waals surface area (Å²) in [5.74, 6) is -0.00876. The Balaban J connectivity index is 1.79. The van der Waals surface area contributed by atoms with E-state index in [4.69, 9.17) is 5.73 Å². The first-order valence-electron chi connectivity index (χ1n) is 6.36.